The van der Waals surface area contributed by atoms with Crippen molar-refractivity contribution in [3.05, 3.63) is 71.0 Å². The molecule has 0 spiro atoms. The number of para-hydroxylation sites is 2. The highest BCUT2D eigenvalue weighted by Gasteiger charge is 2.41. The summed E-state index contributed by atoms with van der Waals surface area (Å²) in [4.78, 5) is 16.6. The Morgan fingerprint density at radius 3 is 2.48 bits per heavy atom. The number of rotatable bonds is 5. The van der Waals surface area contributed by atoms with E-state index in [1.54, 1.807) is 6.07 Å². The van der Waals surface area contributed by atoms with Crippen LogP contribution in [0.1, 0.15) is 23.0 Å². The second-order valence-electron chi connectivity index (χ2n) is 7.48. The fraction of sp³-hybridized carbons (Fsp3) is 0.304. The Labute approximate surface area is 194 Å². The molecule has 1 saturated heterocycles. The smallest absolute Gasteiger partial charge is 0.434 e. The molecule has 0 unspecified atom stereocenters. The van der Waals surface area contributed by atoms with Crippen molar-refractivity contribution in [2.24, 2.45) is 0 Å². The van der Waals surface area contributed by atoms with Gasteiger partial charge in [0.2, 0.25) is 0 Å². The lowest BCUT2D eigenvalue weighted by Gasteiger charge is -2.36. The molecule has 1 aliphatic rings. The summed E-state index contributed by atoms with van der Waals surface area (Å²) in [6.45, 7) is 3.92. The standard InChI is InChI=1S/C23H22ClF3N4O2/c1-2-33-20-9-4-3-8-19(20)29-10-12-30(13-11-29)22(32)18-15-28-31(21(18)23(25,26)27)17-7-5-6-16(24)14-17/h3-9,14-15H,2,10-13H2,1H3. The van der Waals surface area contributed by atoms with Crippen molar-refractivity contribution in [2.75, 3.05) is 37.7 Å². The highest BCUT2D eigenvalue weighted by atomic mass is 35.5. The van der Waals surface area contributed by atoms with Gasteiger partial charge in [0.05, 0.1) is 29.7 Å². The van der Waals surface area contributed by atoms with Crippen molar-refractivity contribution in [1.82, 2.24) is 14.7 Å². The third-order valence-electron chi connectivity index (χ3n) is 5.39. The summed E-state index contributed by atoms with van der Waals surface area (Å²) in [7, 11) is 0. The molecule has 0 saturated carbocycles. The van der Waals surface area contributed by atoms with Crippen LogP contribution in [0.25, 0.3) is 5.69 Å². The summed E-state index contributed by atoms with van der Waals surface area (Å²) in [5.74, 6) is 0.0373. The number of ether oxygens (including phenoxy) is 1. The number of amides is 1. The molecule has 4 rings (SSSR count). The Hall–Kier alpha value is -3.20. The number of aromatic nitrogens is 2. The lowest BCUT2D eigenvalue weighted by molar-refractivity contribution is -0.143. The molecule has 0 N–H and O–H groups in total. The number of nitrogens with zero attached hydrogens (tertiary/aromatic N) is 4. The predicted molar refractivity (Wildman–Crippen MR) is 119 cm³/mol. The van der Waals surface area contributed by atoms with E-state index in [-0.39, 0.29) is 23.8 Å². The van der Waals surface area contributed by atoms with E-state index in [9.17, 15) is 18.0 Å². The van der Waals surface area contributed by atoms with Crippen molar-refractivity contribution < 1.29 is 22.7 Å². The van der Waals surface area contributed by atoms with Crippen LogP contribution in [-0.4, -0.2) is 53.4 Å². The lowest BCUT2D eigenvalue weighted by Crippen LogP contribution is -2.49. The van der Waals surface area contributed by atoms with Gasteiger partial charge in [0.15, 0.2) is 5.69 Å². The molecule has 3 aromatic rings. The van der Waals surface area contributed by atoms with Crippen molar-refractivity contribution in [1.29, 1.82) is 0 Å². The van der Waals surface area contributed by atoms with Gasteiger partial charge in [0.25, 0.3) is 5.91 Å². The molecule has 1 aliphatic heterocycles. The van der Waals surface area contributed by atoms with Crippen LogP contribution >= 0.6 is 11.6 Å². The van der Waals surface area contributed by atoms with E-state index in [4.69, 9.17) is 16.3 Å². The van der Waals surface area contributed by atoms with E-state index in [1.807, 2.05) is 31.2 Å². The Bertz CT molecular complexity index is 1140. The maximum atomic E-state index is 14.0. The first-order valence-corrected chi connectivity index (χ1v) is 10.8. The molecule has 1 aromatic heterocycles. The second kappa shape index (κ2) is 9.35. The molecule has 2 aromatic carbocycles. The van der Waals surface area contributed by atoms with Gasteiger partial charge in [-0.25, -0.2) is 4.68 Å². The monoisotopic (exact) mass is 478 g/mol. The summed E-state index contributed by atoms with van der Waals surface area (Å²) < 4.78 is 48.3. The van der Waals surface area contributed by atoms with Crippen LogP contribution in [0.5, 0.6) is 5.75 Å². The molecule has 1 fully saturated rings. The summed E-state index contributed by atoms with van der Waals surface area (Å²) >= 11 is 5.94. The van der Waals surface area contributed by atoms with Crippen LogP contribution in [-0.2, 0) is 6.18 Å². The number of hydrogen-bond acceptors (Lipinski definition) is 4. The molecule has 10 heteroatoms. The normalized spacial score (nSPS) is 14.5. The molecular weight excluding hydrogens is 457 g/mol. The Morgan fingerprint density at radius 1 is 1.09 bits per heavy atom. The van der Waals surface area contributed by atoms with E-state index in [0.29, 0.717) is 24.4 Å². The van der Waals surface area contributed by atoms with Crippen molar-refractivity contribution in [2.45, 2.75) is 13.1 Å². The van der Waals surface area contributed by atoms with Gasteiger partial charge in [-0.15, -0.1) is 0 Å². The van der Waals surface area contributed by atoms with E-state index in [1.165, 1.54) is 23.1 Å². The average Bonchev–Trinajstić information content (AvgIpc) is 3.25. The third kappa shape index (κ3) is 4.78. The number of carbonyl (C=O) groups excluding carboxylic acids is 1. The number of alkyl halides is 3. The zero-order chi connectivity index (χ0) is 23.6. The highest BCUT2D eigenvalue weighted by Crippen LogP contribution is 2.35. The SMILES string of the molecule is CCOc1ccccc1N1CCN(C(=O)c2cnn(-c3cccc(Cl)c3)c2C(F)(F)F)CC1. The first-order chi connectivity index (χ1) is 15.8. The second-order valence-corrected chi connectivity index (χ2v) is 7.91. The molecule has 0 atom stereocenters. The largest absolute Gasteiger partial charge is 0.492 e. The lowest BCUT2D eigenvalue weighted by atomic mass is 10.1. The van der Waals surface area contributed by atoms with Crippen LogP contribution in [0, 0.1) is 0 Å². The van der Waals surface area contributed by atoms with E-state index >= 15 is 0 Å². The highest BCUT2D eigenvalue weighted by molar-refractivity contribution is 6.30. The Kier molecular flexibility index (Phi) is 6.51. The summed E-state index contributed by atoms with van der Waals surface area (Å²) in [6.07, 6.45) is -3.80. The molecule has 6 nitrogen and oxygen atoms in total. The van der Waals surface area contributed by atoms with Crippen LogP contribution in [0.2, 0.25) is 5.02 Å². The number of hydrogen-bond donors (Lipinski definition) is 0. The minimum absolute atomic E-state index is 0.131. The number of anilines is 1. The summed E-state index contributed by atoms with van der Waals surface area (Å²) in [5, 5.41) is 4.14. The molecule has 0 bridgehead atoms. The first kappa shape index (κ1) is 23.0. The maximum Gasteiger partial charge on any atom is 0.434 e. The van der Waals surface area contributed by atoms with Crippen molar-refractivity contribution in [3.63, 3.8) is 0 Å². The van der Waals surface area contributed by atoms with Crippen LogP contribution < -0.4 is 9.64 Å². The Balaban J connectivity index is 1.56. The quantitative estimate of drug-likeness (QED) is 0.523. The van der Waals surface area contributed by atoms with Crippen molar-refractivity contribution in [3.8, 4) is 11.4 Å². The van der Waals surface area contributed by atoms with E-state index < -0.39 is 23.3 Å². The average molecular weight is 479 g/mol. The molecule has 0 aliphatic carbocycles. The number of benzene rings is 2. The van der Waals surface area contributed by atoms with Gasteiger partial charge < -0.3 is 14.5 Å². The molecule has 2 heterocycles. The molecular formula is C23H22ClF3N4O2. The van der Waals surface area contributed by atoms with Gasteiger partial charge in [-0.1, -0.05) is 29.8 Å². The van der Waals surface area contributed by atoms with Gasteiger partial charge in [-0.2, -0.15) is 18.3 Å². The topological polar surface area (TPSA) is 50.6 Å². The van der Waals surface area contributed by atoms with Crippen molar-refractivity contribution >= 4 is 23.2 Å². The molecule has 0 radical (unpaired) electrons. The van der Waals surface area contributed by atoms with Gasteiger partial charge in [0.1, 0.15) is 5.75 Å². The fourth-order valence-corrected chi connectivity index (χ4v) is 4.08. The number of carbonyl (C=O) groups is 1. The maximum absolute atomic E-state index is 14.0. The predicted octanol–water partition coefficient (Wildman–Crippen LogP) is 4.91. The number of halogens is 4. The van der Waals surface area contributed by atoms with Crippen LogP contribution in [0.4, 0.5) is 18.9 Å². The van der Waals surface area contributed by atoms with Gasteiger partial charge in [-0.3, -0.25) is 4.79 Å². The van der Waals surface area contributed by atoms with E-state index in [0.717, 1.165) is 17.6 Å². The third-order valence-corrected chi connectivity index (χ3v) is 5.63. The first-order valence-electron chi connectivity index (χ1n) is 10.5. The van der Waals surface area contributed by atoms with Gasteiger partial charge in [-0.05, 0) is 37.3 Å². The zero-order valence-electron chi connectivity index (χ0n) is 17.8. The minimum atomic E-state index is -4.78. The van der Waals surface area contributed by atoms with E-state index in [2.05, 4.69) is 10.00 Å². The zero-order valence-corrected chi connectivity index (χ0v) is 18.6. The minimum Gasteiger partial charge on any atom is -0.492 e. The molecule has 1 amide bonds. The molecule has 33 heavy (non-hydrogen) atoms. The molecule has 174 valence electrons. The summed E-state index contributed by atoms with van der Waals surface area (Å²) in [6, 6.07) is 13.5. The fourth-order valence-electron chi connectivity index (χ4n) is 3.90. The summed E-state index contributed by atoms with van der Waals surface area (Å²) in [5.41, 5.74) is -0.563. The van der Waals surface area contributed by atoms with Crippen LogP contribution in [0.15, 0.2) is 54.7 Å². The van der Waals surface area contributed by atoms with Crippen LogP contribution in [0.3, 0.4) is 0 Å². The Morgan fingerprint density at radius 2 is 1.82 bits per heavy atom. The van der Waals surface area contributed by atoms with Gasteiger partial charge >= 0.3 is 6.18 Å². The van der Waals surface area contributed by atoms with Gasteiger partial charge in [0, 0.05) is 31.2 Å². The number of piperazine rings is 1.